The van der Waals surface area contributed by atoms with Crippen LogP contribution < -0.4 is 16.0 Å². The van der Waals surface area contributed by atoms with Crippen molar-refractivity contribution in [3.63, 3.8) is 0 Å². The SMILES string of the molecule is Cc1occc1C(=O)Nc1cc(NC(=O)NCc2cnn(-c3ccccc3)c2)ccc1F. The summed E-state index contributed by atoms with van der Waals surface area (Å²) in [6.07, 6.45) is 4.86. The molecule has 0 aliphatic heterocycles. The molecule has 0 aliphatic rings. The van der Waals surface area contributed by atoms with Gasteiger partial charge in [-0.3, -0.25) is 4.79 Å². The molecular weight excluding hydrogens is 413 g/mol. The van der Waals surface area contributed by atoms with Crippen LogP contribution in [0.25, 0.3) is 5.69 Å². The predicted molar refractivity (Wildman–Crippen MR) is 117 cm³/mol. The van der Waals surface area contributed by atoms with E-state index in [4.69, 9.17) is 4.42 Å². The van der Waals surface area contributed by atoms with Crippen LogP contribution in [-0.4, -0.2) is 21.7 Å². The molecule has 9 heteroatoms. The van der Waals surface area contributed by atoms with Gasteiger partial charge in [0.15, 0.2) is 0 Å². The lowest BCUT2D eigenvalue weighted by atomic mass is 10.2. The maximum Gasteiger partial charge on any atom is 0.319 e. The Kier molecular flexibility index (Phi) is 5.98. The molecule has 0 saturated heterocycles. The van der Waals surface area contributed by atoms with Crippen LogP contribution in [0.5, 0.6) is 0 Å². The number of benzene rings is 2. The number of amides is 3. The second kappa shape index (κ2) is 9.17. The third-order valence-electron chi connectivity index (χ3n) is 4.69. The van der Waals surface area contributed by atoms with Crippen molar-refractivity contribution in [1.29, 1.82) is 0 Å². The Hall–Kier alpha value is -4.40. The topological polar surface area (TPSA) is 101 Å². The number of hydrogen-bond donors (Lipinski definition) is 3. The van der Waals surface area contributed by atoms with Crippen LogP contribution in [-0.2, 0) is 6.54 Å². The highest BCUT2D eigenvalue weighted by atomic mass is 19.1. The zero-order chi connectivity index (χ0) is 22.5. The number of carbonyl (C=O) groups is 2. The van der Waals surface area contributed by atoms with Crippen LogP contribution in [0.3, 0.4) is 0 Å². The van der Waals surface area contributed by atoms with Crippen molar-refractivity contribution in [2.24, 2.45) is 0 Å². The molecule has 162 valence electrons. The van der Waals surface area contributed by atoms with Crippen LogP contribution in [0.15, 0.2) is 77.7 Å². The van der Waals surface area contributed by atoms with E-state index < -0.39 is 17.8 Å². The molecule has 8 nitrogen and oxygen atoms in total. The molecule has 2 heterocycles. The summed E-state index contributed by atoms with van der Waals surface area (Å²) in [5.41, 5.74) is 2.29. The summed E-state index contributed by atoms with van der Waals surface area (Å²) in [6, 6.07) is 14.5. The minimum atomic E-state index is -0.626. The lowest BCUT2D eigenvalue weighted by Crippen LogP contribution is -2.28. The maximum atomic E-state index is 14.1. The molecule has 0 atom stereocenters. The van der Waals surface area contributed by atoms with E-state index in [1.165, 1.54) is 24.5 Å². The molecule has 2 aromatic carbocycles. The van der Waals surface area contributed by atoms with E-state index in [1.807, 2.05) is 36.5 Å². The molecular formula is C23H20FN5O3. The van der Waals surface area contributed by atoms with Crippen LogP contribution in [0.4, 0.5) is 20.6 Å². The van der Waals surface area contributed by atoms with Gasteiger partial charge in [0.25, 0.3) is 5.91 Å². The molecule has 0 radical (unpaired) electrons. The number of anilines is 2. The van der Waals surface area contributed by atoms with Crippen molar-refractivity contribution >= 4 is 23.3 Å². The van der Waals surface area contributed by atoms with Gasteiger partial charge in [0.05, 0.1) is 29.4 Å². The Morgan fingerprint density at radius 1 is 1.09 bits per heavy atom. The largest absolute Gasteiger partial charge is 0.469 e. The fourth-order valence-corrected chi connectivity index (χ4v) is 3.04. The molecule has 0 spiro atoms. The number of halogens is 1. The van der Waals surface area contributed by atoms with E-state index in [0.29, 0.717) is 17.0 Å². The number of furan rings is 1. The summed E-state index contributed by atoms with van der Waals surface area (Å²) in [7, 11) is 0. The van der Waals surface area contributed by atoms with Crippen molar-refractivity contribution in [1.82, 2.24) is 15.1 Å². The first kappa shape index (κ1) is 20.9. The first-order chi connectivity index (χ1) is 15.5. The number of nitrogens with one attached hydrogen (secondary N) is 3. The average molecular weight is 433 g/mol. The molecule has 0 saturated carbocycles. The lowest BCUT2D eigenvalue weighted by molar-refractivity contribution is 0.102. The number of aromatic nitrogens is 2. The second-order valence-electron chi connectivity index (χ2n) is 6.98. The standard InChI is InChI=1S/C23H20FN5O3/c1-15-19(9-10-32-15)22(30)28-21-11-17(7-8-20(21)24)27-23(31)25-12-16-13-26-29(14-16)18-5-3-2-4-6-18/h2-11,13-14H,12H2,1H3,(H,28,30)(H2,25,27,31). The maximum absolute atomic E-state index is 14.1. The zero-order valence-electron chi connectivity index (χ0n) is 17.1. The third-order valence-corrected chi connectivity index (χ3v) is 4.69. The summed E-state index contributed by atoms with van der Waals surface area (Å²) in [4.78, 5) is 24.6. The van der Waals surface area contributed by atoms with Gasteiger partial charge in [-0.15, -0.1) is 0 Å². The van der Waals surface area contributed by atoms with E-state index in [2.05, 4.69) is 21.0 Å². The molecule has 3 N–H and O–H groups in total. The Morgan fingerprint density at radius 2 is 1.91 bits per heavy atom. The quantitative estimate of drug-likeness (QED) is 0.417. The van der Waals surface area contributed by atoms with Crippen molar-refractivity contribution in [2.75, 3.05) is 10.6 Å². The monoisotopic (exact) mass is 433 g/mol. The summed E-state index contributed by atoms with van der Waals surface area (Å²) >= 11 is 0. The fourth-order valence-electron chi connectivity index (χ4n) is 3.04. The molecule has 0 aliphatic carbocycles. The number of nitrogens with zero attached hydrogens (tertiary/aromatic N) is 2. The van der Waals surface area contributed by atoms with Gasteiger partial charge in [-0.05, 0) is 43.3 Å². The first-order valence-corrected chi connectivity index (χ1v) is 9.78. The fraction of sp³-hybridized carbons (Fsp3) is 0.0870. The second-order valence-corrected chi connectivity index (χ2v) is 6.98. The van der Waals surface area contributed by atoms with E-state index in [9.17, 15) is 14.0 Å². The number of urea groups is 1. The van der Waals surface area contributed by atoms with E-state index >= 15 is 0 Å². The number of aryl methyl sites for hydroxylation is 1. The molecule has 0 bridgehead atoms. The minimum Gasteiger partial charge on any atom is -0.469 e. The van der Waals surface area contributed by atoms with E-state index in [-0.39, 0.29) is 12.2 Å². The van der Waals surface area contributed by atoms with Crippen molar-refractivity contribution in [3.05, 3.63) is 96.0 Å². The lowest BCUT2D eigenvalue weighted by Gasteiger charge is -2.10. The molecule has 3 amide bonds. The van der Waals surface area contributed by atoms with E-state index in [1.54, 1.807) is 17.8 Å². The molecule has 4 rings (SSSR count). The highest BCUT2D eigenvalue weighted by Gasteiger charge is 2.14. The summed E-state index contributed by atoms with van der Waals surface area (Å²) in [5, 5.41) is 12.1. The summed E-state index contributed by atoms with van der Waals surface area (Å²) < 4.78 is 21.0. The number of hydrogen-bond acceptors (Lipinski definition) is 4. The van der Waals surface area contributed by atoms with Crippen LogP contribution >= 0.6 is 0 Å². The predicted octanol–water partition coefficient (Wildman–Crippen LogP) is 4.49. The highest BCUT2D eigenvalue weighted by molar-refractivity contribution is 6.05. The van der Waals surface area contributed by atoms with Gasteiger partial charge in [0, 0.05) is 24.0 Å². The molecule has 4 aromatic rings. The van der Waals surface area contributed by atoms with Crippen molar-refractivity contribution in [2.45, 2.75) is 13.5 Å². The summed E-state index contributed by atoms with van der Waals surface area (Å²) in [5.74, 6) is -0.710. The van der Waals surface area contributed by atoms with Gasteiger partial charge in [-0.1, -0.05) is 18.2 Å². The zero-order valence-corrected chi connectivity index (χ0v) is 17.1. The van der Waals surface area contributed by atoms with Gasteiger partial charge in [-0.2, -0.15) is 5.10 Å². The smallest absolute Gasteiger partial charge is 0.319 e. The average Bonchev–Trinajstić information content (AvgIpc) is 3.44. The normalized spacial score (nSPS) is 10.6. The van der Waals surface area contributed by atoms with Crippen LogP contribution in [0.1, 0.15) is 21.7 Å². The van der Waals surface area contributed by atoms with Gasteiger partial charge in [0.2, 0.25) is 0 Å². The number of carbonyl (C=O) groups excluding carboxylic acids is 2. The molecule has 2 aromatic heterocycles. The van der Waals surface area contributed by atoms with Crippen LogP contribution in [0, 0.1) is 12.7 Å². The highest BCUT2D eigenvalue weighted by Crippen LogP contribution is 2.21. The third kappa shape index (κ3) is 4.84. The minimum absolute atomic E-state index is 0.0578. The first-order valence-electron chi connectivity index (χ1n) is 9.78. The van der Waals surface area contributed by atoms with Gasteiger partial charge >= 0.3 is 6.03 Å². The van der Waals surface area contributed by atoms with E-state index in [0.717, 1.165) is 17.3 Å². The van der Waals surface area contributed by atoms with Crippen molar-refractivity contribution in [3.8, 4) is 5.69 Å². The Labute approximate surface area is 183 Å². The molecule has 0 unspecified atom stereocenters. The summed E-state index contributed by atoms with van der Waals surface area (Å²) in [6.45, 7) is 1.89. The number of para-hydroxylation sites is 1. The molecule has 32 heavy (non-hydrogen) atoms. The Morgan fingerprint density at radius 3 is 2.66 bits per heavy atom. The van der Waals surface area contributed by atoms with Gasteiger partial charge in [-0.25, -0.2) is 13.9 Å². The number of rotatable bonds is 6. The van der Waals surface area contributed by atoms with Gasteiger partial charge < -0.3 is 20.4 Å². The Balaban J connectivity index is 1.35. The van der Waals surface area contributed by atoms with Crippen LogP contribution in [0.2, 0.25) is 0 Å². The molecule has 0 fully saturated rings. The van der Waals surface area contributed by atoms with Crippen molar-refractivity contribution < 1.29 is 18.4 Å². The Bertz CT molecular complexity index is 1250. The van der Waals surface area contributed by atoms with Gasteiger partial charge in [0.1, 0.15) is 11.6 Å².